The van der Waals surface area contributed by atoms with E-state index in [0.717, 1.165) is 54.2 Å². The molecular weight excluding hydrogens is 444 g/mol. The lowest BCUT2D eigenvalue weighted by Crippen LogP contribution is -2.29. The van der Waals surface area contributed by atoms with E-state index in [1.54, 1.807) is 14.2 Å². The van der Waals surface area contributed by atoms with Gasteiger partial charge in [-0.15, -0.1) is 0 Å². The molecule has 0 spiro atoms. The number of ether oxygens (including phenoxy) is 3. The molecule has 1 aliphatic rings. The van der Waals surface area contributed by atoms with Crippen LogP contribution in [-0.2, 0) is 4.74 Å². The minimum Gasteiger partial charge on any atom is -0.497 e. The summed E-state index contributed by atoms with van der Waals surface area (Å²) < 4.78 is 19.1. The van der Waals surface area contributed by atoms with E-state index in [1.807, 2.05) is 28.9 Å². The Hall–Kier alpha value is -2.68. The van der Waals surface area contributed by atoms with E-state index < -0.39 is 6.10 Å². The lowest BCUT2D eigenvalue weighted by Gasteiger charge is -2.28. The molecule has 0 saturated carbocycles. The first-order chi connectivity index (χ1) is 16.9. The van der Waals surface area contributed by atoms with Crippen molar-refractivity contribution in [1.82, 2.24) is 19.9 Å². The van der Waals surface area contributed by atoms with Crippen LogP contribution in [0.4, 0.5) is 0 Å². The van der Waals surface area contributed by atoms with Crippen LogP contribution < -0.4 is 14.8 Å². The highest BCUT2D eigenvalue weighted by Gasteiger charge is 2.26. The molecule has 8 heteroatoms. The number of benzene rings is 1. The summed E-state index contributed by atoms with van der Waals surface area (Å²) in [5.74, 6) is 2.46. The number of aromatic nitrogens is 3. The number of likely N-dealkylation sites (N-methyl/N-ethyl adjacent to an activating group) is 1. The van der Waals surface area contributed by atoms with Crippen molar-refractivity contribution in [1.29, 1.82) is 0 Å². The van der Waals surface area contributed by atoms with E-state index in [2.05, 4.69) is 32.2 Å². The molecule has 0 amide bonds. The molecule has 1 fully saturated rings. The van der Waals surface area contributed by atoms with Crippen LogP contribution >= 0.6 is 0 Å². The van der Waals surface area contributed by atoms with Gasteiger partial charge < -0.3 is 24.6 Å². The molecule has 2 unspecified atom stereocenters. The largest absolute Gasteiger partial charge is 0.497 e. The highest BCUT2D eigenvalue weighted by molar-refractivity contribution is 5.67. The minimum absolute atomic E-state index is 0.187. The SMILES string of the molecule is CNCC(O)COc1cc(OC)cc(-c2cc(C(C)C3CCOCC3)n3ncc(C(C)C)c3n2)c1. The molecule has 8 nitrogen and oxygen atoms in total. The summed E-state index contributed by atoms with van der Waals surface area (Å²) >= 11 is 0. The summed E-state index contributed by atoms with van der Waals surface area (Å²) in [4.78, 5) is 5.06. The number of hydrogen-bond acceptors (Lipinski definition) is 7. The molecule has 2 atom stereocenters. The second-order valence-corrected chi connectivity index (χ2v) is 9.71. The molecule has 4 rings (SSSR count). The van der Waals surface area contributed by atoms with Crippen LogP contribution in [0.3, 0.4) is 0 Å². The third-order valence-corrected chi connectivity index (χ3v) is 6.88. The van der Waals surface area contributed by atoms with Gasteiger partial charge in [-0.3, -0.25) is 0 Å². The quantitative estimate of drug-likeness (QED) is 0.451. The summed E-state index contributed by atoms with van der Waals surface area (Å²) in [6.45, 7) is 8.88. The van der Waals surface area contributed by atoms with E-state index in [-0.39, 0.29) is 6.61 Å². The molecule has 1 aliphatic heterocycles. The number of fused-ring (bicyclic) bond motifs is 1. The highest BCUT2D eigenvalue weighted by Crippen LogP contribution is 2.36. The Kier molecular flexibility index (Phi) is 8.26. The van der Waals surface area contributed by atoms with E-state index in [1.165, 1.54) is 0 Å². The van der Waals surface area contributed by atoms with E-state index in [0.29, 0.717) is 35.8 Å². The fourth-order valence-electron chi connectivity index (χ4n) is 4.75. The van der Waals surface area contributed by atoms with Crippen molar-refractivity contribution >= 4 is 5.65 Å². The number of methoxy groups -OCH3 is 1. The number of nitrogens with zero attached hydrogens (tertiary/aromatic N) is 3. The predicted octanol–water partition coefficient (Wildman–Crippen LogP) is 4.02. The van der Waals surface area contributed by atoms with Crippen molar-refractivity contribution in [3.8, 4) is 22.8 Å². The zero-order valence-corrected chi connectivity index (χ0v) is 21.5. The van der Waals surface area contributed by atoms with Gasteiger partial charge in [0.25, 0.3) is 0 Å². The smallest absolute Gasteiger partial charge is 0.159 e. The summed E-state index contributed by atoms with van der Waals surface area (Å²) in [5, 5.41) is 17.8. The van der Waals surface area contributed by atoms with Gasteiger partial charge in [0.2, 0.25) is 0 Å². The van der Waals surface area contributed by atoms with Crippen LogP contribution in [0.15, 0.2) is 30.5 Å². The molecular formula is C27H38N4O4. The molecule has 0 aliphatic carbocycles. The zero-order chi connectivity index (χ0) is 24.9. The van der Waals surface area contributed by atoms with Crippen molar-refractivity contribution < 1.29 is 19.3 Å². The number of aliphatic hydroxyl groups excluding tert-OH is 1. The maximum Gasteiger partial charge on any atom is 0.159 e. The third kappa shape index (κ3) is 5.77. The third-order valence-electron chi connectivity index (χ3n) is 6.88. The van der Waals surface area contributed by atoms with Crippen molar-refractivity contribution in [3.05, 3.63) is 41.7 Å². The first-order valence-corrected chi connectivity index (χ1v) is 12.5. The summed E-state index contributed by atoms with van der Waals surface area (Å²) in [6.07, 6.45) is 3.44. The van der Waals surface area contributed by atoms with Crippen molar-refractivity contribution in [2.45, 2.75) is 51.6 Å². The van der Waals surface area contributed by atoms with Gasteiger partial charge in [-0.25, -0.2) is 9.50 Å². The summed E-state index contributed by atoms with van der Waals surface area (Å²) in [7, 11) is 3.44. The molecule has 3 aromatic rings. The monoisotopic (exact) mass is 482 g/mol. The molecule has 1 saturated heterocycles. The van der Waals surface area contributed by atoms with Crippen molar-refractivity contribution in [2.75, 3.05) is 40.5 Å². The van der Waals surface area contributed by atoms with Gasteiger partial charge in [0.05, 0.1) is 19.0 Å². The maximum atomic E-state index is 10.1. The average Bonchev–Trinajstić information content (AvgIpc) is 3.31. The molecule has 1 aromatic carbocycles. The van der Waals surface area contributed by atoms with Crippen LogP contribution in [0.1, 0.15) is 56.7 Å². The molecule has 2 N–H and O–H groups in total. The Balaban J connectivity index is 1.78. The van der Waals surface area contributed by atoms with Gasteiger partial charge in [-0.05, 0) is 49.9 Å². The minimum atomic E-state index is -0.601. The second-order valence-electron chi connectivity index (χ2n) is 9.71. The standard InChI is InChI=1S/C27H38N4O4/c1-17(2)24-15-29-31-26(18(3)19-6-8-34-9-7-19)13-25(30-27(24)31)20-10-22(33-5)12-23(11-20)35-16-21(32)14-28-4/h10-13,15,17-19,21,28,32H,6-9,14,16H2,1-5H3. The lowest BCUT2D eigenvalue weighted by molar-refractivity contribution is 0.0590. The number of hydrogen-bond donors (Lipinski definition) is 2. The Morgan fingerprint density at radius 3 is 2.57 bits per heavy atom. The Morgan fingerprint density at radius 2 is 1.89 bits per heavy atom. The molecule has 0 radical (unpaired) electrons. The van der Waals surface area contributed by atoms with Crippen molar-refractivity contribution in [3.63, 3.8) is 0 Å². The van der Waals surface area contributed by atoms with Gasteiger partial charge in [-0.2, -0.15) is 5.10 Å². The second kappa shape index (κ2) is 11.4. The average molecular weight is 483 g/mol. The van der Waals surface area contributed by atoms with Crippen LogP contribution in [0.5, 0.6) is 11.5 Å². The predicted molar refractivity (Wildman–Crippen MR) is 136 cm³/mol. The lowest BCUT2D eigenvalue weighted by atomic mass is 9.84. The van der Waals surface area contributed by atoms with Gasteiger partial charge in [0.1, 0.15) is 24.2 Å². The fraction of sp³-hybridized carbons (Fsp3) is 0.556. The number of aliphatic hydroxyl groups is 1. The summed E-state index contributed by atoms with van der Waals surface area (Å²) in [5.41, 5.74) is 4.93. The van der Waals surface area contributed by atoms with Crippen LogP contribution in [0.25, 0.3) is 16.9 Å². The van der Waals surface area contributed by atoms with Gasteiger partial charge in [-0.1, -0.05) is 20.8 Å². The van der Waals surface area contributed by atoms with Gasteiger partial charge in [0, 0.05) is 48.6 Å². The molecule has 0 bridgehead atoms. The number of nitrogens with one attached hydrogen (secondary N) is 1. The van der Waals surface area contributed by atoms with Crippen LogP contribution in [0, 0.1) is 5.92 Å². The zero-order valence-electron chi connectivity index (χ0n) is 21.5. The highest BCUT2D eigenvalue weighted by atomic mass is 16.5. The van der Waals surface area contributed by atoms with Crippen LogP contribution in [-0.4, -0.2) is 66.3 Å². The number of rotatable bonds is 10. The van der Waals surface area contributed by atoms with Crippen LogP contribution in [0.2, 0.25) is 0 Å². The van der Waals surface area contributed by atoms with E-state index >= 15 is 0 Å². The Morgan fingerprint density at radius 1 is 1.14 bits per heavy atom. The van der Waals surface area contributed by atoms with E-state index in [4.69, 9.17) is 24.3 Å². The van der Waals surface area contributed by atoms with Gasteiger partial charge >= 0.3 is 0 Å². The first kappa shape index (κ1) is 25.4. The van der Waals surface area contributed by atoms with Crippen molar-refractivity contribution in [2.24, 2.45) is 5.92 Å². The molecule has 3 heterocycles. The first-order valence-electron chi connectivity index (χ1n) is 12.5. The Labute approximate surface area is 207 Å². The maximum absolute atomic E-state index is 10.1. The van der Waals surface area contributed by atoms with Gasteiger partial charge in [0.15, 0.2) is 5.65 Å². The molecule has 2 aromatic heterocycles. The summed E-state index contributed by atoms with van der Waals surface area (Å²) in [6, 6.07) is 7.92. The topological polar surface area (TPSA) is 90.1 Å². The molecule has 190 valence electrons. The molecule has 35 heavy (non-hydrogen) atoms. The normalized spacial score (nSPS) is 16.5. The van der Waals surface area contributed by atoms with E-state index in [9.17, 15) is 5.11 Å². The fourth-order valence-corrected chi connectivity index (χ4v) is 4.75. The Bertz CT molecular complexity index is 1120.